The second-order valence-electron chi connectivity index (χ2n) is 4.03. The third-order valence-electron chi connectivity index (χ3n) is 3.34. The minimum Gasteiger partial charge on any atom is -0.351 e. The molecule has 4 nitrogen and oxygen atoms in total. The topological polar surface area (TPSA) is 63.4 Å². The van der Waals surface area contributed by atoms with E-state index < -0.39 is 6.03 Å². The Labute approximate surface area is 77.1 Å². The maximum Gasteiger partial charge on any atom is 0.321 e. The molecule has 1 aliphatic carbocycles. The van der Waals surface area contributed by atoms with E-state index in [4.69, 9.17) is 5.73 Å². The standard InChI is InChI=1S/C9H14N2O2/c10-8(13)11-6-5-9(7(11)12)3-1-2-4-9/h1-6H2,(H2,10,13). The van der Waals surface area contributed by atoms with E-state index in [2.05, 4.69) is 0 Å². The summed E-state index contributed by atoms with van der Waals surface area (Å²) in [7, 11) is 0. The van der Waals surface area contributed by atoms with Crippen molar-refractivity contribution in [1.29, 1.82) is 0 Å². The third-order valence-corrected chi connectivity index (χ3v) is 3.34. The second kappa shape index (κ2) is 2.72. The van der Waals surface area contributed by atoms with E-state index in [1.54, 1.807) is 0 Å². The van der Waals surface area contributed by atoms with Crippen molar-refractivity contribution < 1.29 is 9.59 Å². The van der Waals surface area contributed by atoms with Crippen molar-refractivity contribution in [3.05, 3.63) is 0 Å². The van der Waals surface area contributed by atoms with Gasteiger partial charge in [0.25, 0.3) is 0 Å². The second-order valence-corrected chi connectivity index (χ2v) is 4.03. The molecule has 2 aliphatic rings. The molecule has 2 N–H and O–H groups in total. The molecule has 1 spiro atoms. The lowest BCUT2D eigenvalue weighted by Crippen LogP contribution is -2.40. The third kappa shape index (κ3) is 1.12. The highest BCUT2D eigenvalue weighted by Gasteiger charge is 2.49. The zero-order chi connectivity index (χ0) is 9.47. The fourth-order valence-corrected chi connectivity index (χ4v) is 2.55. The predicted molar refractivity (Wildman–Crippen MR) is 46.8 cm³/mol. The number of carbonyl (C=O) groups excluding carboxylic acids is 2. The van der Waals surface area contributed by atoms with Crippen molar-refractivity contribution in [2.24, 2.45) is 11.1 Å². The van der Waals surface area contributed by atoms with E-state index in [0.717, 1.165) is 32.1 Å². The maximum atomic E-state index is 11.8. The highest BCUT2D eigenvalue weighted by Crippen LogP contribution is 2.46. The number of hydrogen-bond acceptors (Lipinski definition) is 2. The number of rotatable bonds is 0. The fourth-order valence-electron chi connectivity index (χ4n) is 2.55. The molecule has 1 saturated carbocycles. The van der Waals surface area contributed by atoms with Gasteiger partial charge in [0.2, 0.25) is 5.91 Å². The van der Waals surface area contributed by atoms with Crippen LogP contribution >= 0.6 is 0 Å². The number of imide groups is 1. The van der Waals surface area contributed by atoms with Crippen LogP contribution in [0.1, 0.15) is 32.1 Å². The Hall–Kier alpha value is -1.06. The first-order valence-corrected chi connectivity index (χ1v) is 4.77. The summed E-state index contributed by atoms with van der Waals surface area (Å²) in [6, 6.07) is -0.589. The van der Waals surface area contributed by atoms with Crippen molar-refractivity contribution in [1.82, 2.24) is 4.90 Å². The summed E-state index contributed by atoms with van der Waals surface area (Å²) in [4.78, 5) is 23.9. The molecule has 0 bridgehead atoms. The Morgan fingerprint density at radius 2 is 1.92 bits per heavy atom. The van der Waals surface area contributed by atoms with E-state index in [1.807, 2.05) is 0 Å². The van der Waals surface area contributed by atoms with E-state index >= 15 is 0 Å². The Bertz CT molecular complexity index is 256. The van der Waals surface area contributed by atoms with Crippen LogP contribution < -0.4 is 5.73 Å². The van der Waals surface area contributed by atoms with E-state index in [0.29, 0.717) is 6.54 Å². The quantitative estimate of drug-likeness (QED) is 0.603. The molecule has 0 atom stereocenters. The zero-order valence-corrected chi connectivity index (χ0v) is 7.58. The number of urea groups is 1. The first-order chi connectivity index (χ1) is 6.16. The van der Waals surface area contributed by atoms with Crippen molar-refractivity contribution in [2.75, 3.05) is 6.54 Å². The number of nitrogens with zero attached hydrogens (tertiary/aromatic N) is 1. The molecule has 1 heterocycles. The van der Waals surface area contributed by atoms with Gasteiger partial charge in [-0.2, -0.15) is 0 Å². The van der Waals surface area contributed by atoms with Crippen LogP contribution in [0.3, 0.4) is 0 Å². The average Bonchev–Trinajstić information content (AvgIpc) is 2.64. The van der Waals surface area contributed by atoms with Gasteiger partial charge in [-0.25, -0.2) is 4.79 Å². The minimum atomic E-state index is -0.589. The summed E-state index contributed by atoms with van der Waals surface area (Å²) in [6.07, 6.45) is 4.91. The molecule has 0 radical (unpaired) electrons. The van der Waals surface area contributed by atoms with Crippen molar-refractivity contribution in [3.8, 4) is 0 Å². The van der Waals surface area contributed by atoms with Gasteiger partial charge >= 0.3 is 6.03 Å². The summed E-state index contributed by atoms with van der Waals surface area (Å²) in [5.74, 6) is -0.0301. The van der Waals surface area contributed by atoms with Gasteiger partial charge in [-0.05, 0) is 19.3 Å². The number of likely N-dealkylation sites (tertiary alicyclic amines) is 1. The molecular weight excluding hydrogens is 168 g/mol. The van der Waals surface area contributed by atoms with Gasteiger partial charge in [-0.3, -0.25) is 9.69 Å². The minimum absolute atomic E-state index is 0.0301. The van der Waals surface area contributed by atoms with Crippen LogP contribution in [0.25, 0.3) is 0 Å². The van der Waals surface area contributed by atoms with Crippen LogP contribution in [-0.4, -0.2) is 23.4 Å². The van der Waals surface area contributed by atoms with Crippen LogP contribution in [0, 0.1) is 5.41 Å². The van der Waals surface area contributed by atoms with Gasteiger partial charge in [0, 0.05) is 6.54 Å². The number of amides is 3. The Morgan fingerprint density at radius 1 is 1.31 bits per heavy atom. The molecule has 13 heavy (non-hydrogen) atoms. The highest BCUT2D eigenvalue weighted by atomic mass is 16.2. The lowest BCUT2D eigenvalue weighted by Gasteiger charge is -2.20. The van der Waals surface area contributed by atoms with Gasteiger partial charge in [0.15, 0.2) is 0 Å². The van der Waals surface area contributed by atoms with Crippen LogP contribution in [0.2, 0.25) is 0 Å². The predicted octanol–water partition coefficient (Wildman–Crippen LogP) is 0.858. The van der Waals surface area contributed by atoms with Crippen LogP contribution in [0.5, 0.6) is 0 Å². The molecule has 1 aliphatic heterocycles. The Kier molecular flexibility index (Phi) is 1.78. The largest absolute Gasteiger partial charge is 0.351 e. The Balaban J connectivity index is 2.19. The van der Waals surface area contributed by atoms with E-state index in [9.17, 15) is 9.59 Å². The lowest BCUT2D eigenvalue weighted by atomic mass is 9.85. The van der Waals surface area contributed by atoms with Crippen molar-refractivity contribution >= 4 is 11.9 Å². The van der Waals surface area contributed by atoms with Gasteiger partial charge in [0.05, 0.1) is 5.41 Å². The number of nitrogens with two attached hydrogens (primary N) is 1. The highest BCUT2D eigenvalue weighted by molar-refractivity contribution is 5.98. The number of hydrogen-bond donors (Lipinski definition) is 1. The smallest absolute Gasteiger partial charge is 0.321 e. The molecule has 3 amide bonds. The molecule has 2 fully saturated rings. The number of carbonyl (C=O) groups is 2. The van der Waals surface area contributed by atoms with Crippen molar-refractivity contribution in [3.63, 3.8) is 0 Å². The molecule has 0 aromatic rings. The molecule has 0 unspecified atom stereocenters. The van der Waals surface area contributed by atoms with Gasteiger partial charge in [-0.15, -0.1) is 0 Å². The molecule has 0 aromatic heterocycles. The monoisotopic (exact) mass is 182 g/mol. The van der Waals surface area contributed by atoms with Crippen LogP contribution in [-0.2, 0) is 4.79 Å². The fraction of sp³-hybridized carbons (Fsp3) is 0.778. The Morgan fingerprint density at radius 3 is 2.38 bits per heavy atom. The van der Waals surface area contributed by atoms with E-state index in [1.165, 1.54) is 4.90 Å². The summed E-state index contributed by atoms with van der Waals surface area (Å²) in [6.45, 7) is 0.522. The molecule has 1 saturated heterocycles. The SMILES string of the molecule is NC(=O)N1CCC2(CCCC2)C1=O. The molecular formula is C9H14N2O2. The normalized spacial score (nSPS) is 25.8. The van der Waals surface area contributed by atoms with Crippen LogP contribution in [0.15, 0.2) is 0 Å². The summed E-state index contributed by atoms with van der Waals surface area (Å²) in [5, 5.41) is 0. The van der Waals surface area contributed by atoms with Gasteiger partial charge in [-0.1, -0.05) is 12.8 Å². The summed E-state index contributed by atoms with van der Waals surface area (Å²) in [5.41, 5.74) is 4.89. The lowest BCUT2D eigenvalue weighted by molar-refractivity contribution is -0.133. The molecule has 0 aromatic carbocycles. The van der Waals surface area contributed by atoms with E-state index in [-0.39, 0.29) is 11.3 Å². The first kappa shape index (κ1) is 8.53. The zero-order valence-electron chi connectivity index (χ0n) is 7.58. The number of primary amides is 1. The van der Waals surface area contributed by atoms with Crippen LogP contribution in [0.4, 0.5) is 4.79 Å². The molecule has 4 heteroatoms. The maximum absolute atomic E-state index is 11.8. The summed E-state index contributed by atoms with van der Waals surface area (Å²) >= 11 is 0. The molecule has 72 valence electrons. The first-order valence-electron chi connectivity index (χ1n) is 4.77. The van der Waals surface area contributed by atoms with Gasteiger partial charge in [0.1, 0.15) is 0 Å². The summed E-state index contributed by atoms with van der Waals surface area (Å²) < 4.78 is 0. The van der Waals surface area contributed by atoms with Gasteiger partial charge < -0.3 is 5.73 Å². The average molecular weight is 182 g/mol. The van der Waals surface area contributed by atoms with Crippen molar-refractivity contribution in [2.45, 2.75) is 32.1 Å². The molecule has 2 rings (SSSR count).